The Labute approximate surface area is 168 Å². The van der Waals surface area contributed by atoms with Crippen molar-refractivity contribution in [2.45, 2.75) is 44.8 Å². The SMILES string of the molecule is CCCCOc1ccc(C2(C(F)(F)F)CC(c3ccc(C)cc3)=CC(=O)N2)cc1. The van der Waals surface area contributed by atoms with Crippen molar-refractivity contribution in [1.29, 1.82) is 0 Å². The van der Waals surface area contributed by atoms with Gasteiger partial charge in [0.15, 0.2) is 5.54 Å². The predicted molar refractivity (Wildman–Crippen MR) is 106 cm³/mol. The second kappa shape index (κ2) is 8.31. The Morgan fingerprint density at radius 2 is 1.72 bits per heavy atom. The summed E-state index contributed by atoms with van der Waals surface area (Å²) in [5.74, 6) is -0.247. The second-order valence-electron chi connectivity index (χ2n) is 7.33. The molecule has 0 saturated heterocycles. The van der Waals surface area contributed by atoms with E-state index >= 15 is 0 Å². The number of halogens is 3. The number of ether oxygens (including phenoxy) is 1. The lowest BCUT2D eigenvalue weighted by Crippen LogP contribution is -2.57. The van der Waals surface area contributed by atoms with E-state index in [4.69, 9.17) is 4.74 Å². The minimum atomic E-state index is -4.67. The van der Waals surface area contributed by atoms with E-state index in [1.807, 2.05) is 26.0 Å². The predicted octanol–water partition coefficient (Wildman–Crippen LogP) is 5.54. The number of amides is 1. The molecule has 1 unspecified atom stereocenters. The summed E-state index contributed by atoms with van der Waals surface area (Å²) in [5, 5.41) is 2.19. The molecule has 1 atom stereocenters. The summed E-state index contributed by atoms with van der Waals surface area (Å²) in [5.41, 5.74) is -0.539. The molecular weight excluding hydrogens is 379 g/mol. The maximum Gasteiger partial charge on any atom is 0.416 e. The van der Waals surface area contributed by atoms with Gasteiger partial charge in [0.2, 0.25) is 5.91 Å². The number of alkyl halides is 3. The molecule has 154 valence electrons. The number of aryl methyl sites for hydroxylation is 1. The molecule has 0 aliphatic carbocycles. The van der Waals surface area contributed by atoms with Gasteiger partial charge >= 0.3 is 6.18 Å². The zero-order chi connectivity index (χ0) is 21.1. The fourth-order valence-electron chi connectivity index (χ4n) is 3.42. The third-order valence-electron chi connectivity index (χ3n) is 5.12. The topological polar surface area (TPSA) is 38.3 Å². The van der Waals surface area contributed by atoms with Crippen LogP contribution in [0.5, 0.6) is 5.75 Å². The number of rotatable bonds is 6. The minimum Gasteiger partial charge on any atom is -0.494 e. The van der Waals surface area contributed by atoms with Crippen LogP contribution in [0.3, 0.4) is 0 Å². The fraction of sp³-hybridized carbons (Fsp3) is 0.348. The van der Waals surface area contributed by atoms with Crippen LogP contribution in [0, 0.1) is 6.92 Å². The van der Waals surface area contributed by atoms with Crippen molar-refractivity contribution in [2.24, 2.45) is 0 Å². The van der Waals surface area contributed by atoms with E-state index in [0.717, 1.165) is 18.4 Å². The quantitative estimate of drug-likeness (QED) is 0.644. The van der Waals surface area contributed by atoms with Gasteiger partial charge < -0.3 is 10.1 Å². The van der Waals surface area contributed by atoms with E-state index in [9.17, 15) is 18.0 Å². The van der Waals surface area contributed by atoms with Gasteiger partial charge in [-0.05, 0) is 42.2 Å². The highest BCUT2D eigenvalue weighted by Crippen LogP contribution is 2.47. The van der Waals surface area contributed by atoms with Crippen LogP contribution in [0.25, 0.3) is 5.57 Å². The van der Waals surface area contributed by atoms with Crippen molar-refractivity contribution in [3.05, 3.63) is 71.3 Å². The van der Waals surface area contributed by atoms with Gasteiger partial charge in [0.25, 0.3) is 0 Å². The van der Waals surface area contributed by atoms with Gasteiger partial charge in [0, 0.05) is 12.5 Å². The fourth-order valence-corrected chi connectivity index (χ4v) is 3.42. The first kappa shape index (κ1) is 21.0. The number of hydrogen-bond donors (Lipinski definition) is 1. The van der Waals surface area contributed by atoms with Gasteiger partial charge in [-0.1, -0.05) is 55.3 Å². The lowest BCUT2D eigenvalue weighted by Gasteiger charge is -2.40. The molecule has 29 heavy (non-hydrogen) atoms. The number of hydrogen-bond acceptors (Lipinski definition) is 2. The van der Waals surface area contributed by atoms with Gasteiger partial charge in [-0.3, -0.25) is 4.79 Å². The van der Waals surface area contributed by atoms with Crippen LogP contribution in [-0.4, -0.2) is 18.7 Å². The Balaban J connectivity index is 1.96. The van der Waals surface area contributed by atoms with Crippen molar-refractivity contribution in [2.75, 3.05) is 6.61 Å². The molecule has 1 amide bonds. The number of carbonyl (C=O) groups excluding carboxylic acids is 1. The summed E-state index contributed by atoms with van der Waals surface area (Å²) in [4.78, 5) is 12.3. The molecule has 2 aromatic rings. The Morgan fingerprint density at radius 1 is 1.07 bits per heavy atom. The summed E-state index contributed by atoms with van der Waals surface area (Å²) in [6.45, 7) is 4.44. The van der Waals surface area contributed by atoms with E-state index in [1.165, 1.54) is 30.3 Å². The van der Waals surface area contributed by atoms with E-state index in [1.54, 1.807) is 12.1 Å². The van der Waals surface area contributed by atoms with Crippen molar-refractivity contribution in [3.63, 3.8) is 0 Å². The number of nitrogens with one attached hydrogen (secondary N) is 1. The van der Waals surface area contributed by atoms with Gasteiger partial charge in [0.05, 0.1) is 6.61 Å². The first-order valence-corrected chi connectivity index (χ1v) is 9.65. The highest BCUT2D eigenvalue weighted by atomic mass is 19.4. The second-order valence-corrected chi connectivity index (χ2v) is 7.33. The molecule has 1 aliphatic heterocycles. The maximum atomic E-state index is 14.3. The molecule has 0 aromatic heterocycles. The average molecular weight is 403 g/mol. The summed E-state index contributed by atoms with van der Waals surface area (Å²) < 4.78 is 48.4. The zero-order valence-electron chi connectivity index (χ0n) is 16.5. The summed E-state index contributed by atoms with van der Waals surface area (Å²) in [6.07, 6.45) is -1.96. The van der Waals surface area contributed by atoms with Crippen molar-refractivity contribution >= 4 is 11.5 Å². The van der Waals surface area contributed by atoms with Gasteiger partial charge in [-0.15, -0.1) is 0 Å². The van der Waals surface area contributed by atoms with E-state index < -0.39 is 17.6 Å². The lowest BCUT2D eigenvalue weighted by atomic mass is 9.78. The molecule has 0 saturated carbocycles. The molecule has 3 rings (SSSR count). The van der Waals surface area contributed by atoms with Crippen molar-refractivity contribution in [3.8, 4) is 5.75 Å². The molecule has 6 heteroatoms. The van der Waals surface area contributed by atoms with Crippen LogP contribution in [0.15, 0.2) is 54.6 Å². The normalized spacial score (nSPS) is 19.5. The smallest absolute Gasteiger partial charge is 0.416 e. The highest BCUT2D eigenvalue weighted by Gasteiger charge is 2.58. The van der Waals surface area contributed by atoms with Crippen LogP contribution in [0.1, 0.15) is 42.9 Å². The number of benzene rings is 2. The molecule has 1 heterocycles. The van der Waals surface area contributed by atoms with Gasteiger partial charge in [-0.25, -0.2) is 0 Å². The number of carbonyl (C=O) groups is 1. The Morgan fingerprint density at radius 3 is 2.31 bits per heavy atom. The monoisotopic (exact) mass is 403 g/mol. The molecule has 0 bridgehead atoms. The molecule has 0 spiro atoms. The van der Waals surface area contributed by atoms with E-state index in [2.05, 4.69) is 5.32 Å². The van der Waals surface area contributed by atoms with E-state index in [0.29, 0.717) is 23.5 Å². The molecule has 1 aliphatic rings. The summed E-state index contributed by atoms with van der Waals surface area (Å²) in [7, 11) is 0. The minimum absolute atomic E-state index is 0.0149. The molecule has 1 N–H and O–H groups in total. The Kier molecular flexibility index (Phi) is 6.01. The van der Waals surface area contributed by atoms with E-state index in [-0.39, 0.29) is 12.0 Å². The highest BCUT2D eigenvalue weighted by molar-refractivity contribution is 5.98. The summed E-state index contributed by atoms with van der Waals surface area (Å²) in [6, 6.07) is 12.9. The standard InChI is InChI=1S/C23H24F3NO2/c1-3-4-13-29-20-11-9-19(10-12-20)22(23(24,25)26)15-18(14-21(28)27-22)17-7-5-16(2)6-8-17/h5-12,14H,3-4,13,15H2,1-2H3,(H,27,28). The molecular formula is C23H24F3NO2. The van der Waals surface area contributed by atoms with Gasteiger partial charge in [-0.2, -0.15) is 13.2 Å². The Hall–Kier alpha value is -2.76. The van der Waals surface area contributed by atoms with Crippen LogP contribution in [0.4, 0.5) is 13.2 Å². The first-order valence-electron chi connectivity index (χ1n) is 9.65. The molecule has 3 nitrogen and oxygen atoms in total. The third-order valence-corrected chi connectivity index (χ3v) is 5.12. The molecule has 2 aromatic carbocycles. The Bertz CT molecular complexity index is 886. The van der Waals surface area contributed by atoms with Crippen molar-refractivity contribution in [1.82, 2.24) is 5.32 Å². The van der Waals surface area contributed by atoms with Crippen molar-refractivity contribution < 1.29 is 22.7 Å². The van der Waals surface area contributed by atoms with Crippen LogP contribution in [0.2, 0.25) is 0 Å². The third kappa shape index (κ3) is 4.47. The maximum absolute atomic E-state index is 14.3. The zero-order valence-corrected chi connectivity index (χ0v) is 16.5. The largest absolute Gasteiger partial charge is 0.494 e. The molecule has 0 radical (unpaired) electrons. The molecule has 0 fully saturated rings. The lowest BCUT2D eigenvalue weighted by molar-refractivity contribution is -0.201. The van der Waals surface area contributed by atoms with Crippen LogP contribution >= 0.6 is 0 Å². The average Bonchev–Trinajstić information content (AvgIpc) is 2.68. The van der Waals surface area contributed by atoms with Crippen LogP contribution in [-0.2, 0) is 10.3 Å². The number of unbranched alkanes of at least 4 members (excludes halogenated alkanes) is 1. The summed E-state index contributed by atoms with van der Waals surface area (Å²) >= 11 is 0. The van der Waals surface area contributed by atoms with Crippen LogP contribution < -0.4 is 10.1 Å². The first-order chi connectivity index (χ1) is 13.7. The van der Waals surface area contributed by atoms with Gasteiger partial charge in [0.1, 0.15) is 5.75 Å².